The van der Waals surface area contributed by atoms with Crippen molar-refractivity contribution in [1.82, 2.24) is 5.32 Å². The molecule has 3 nitrogen and oxygen atoms in total. The van der Waals surface area contributed by atoms with Gasteiger partial charge in [0.2, 0.25) is 0 Å². The van der Waals surface area contributed by atoms with E-state index in [4.69, 9.17) is 4.74 Å². The number of methoxy groups -OCH3 is 1. The van der Waals surface area contributed by atoms with Gasteiger partial charge in [-0.15, -0.1) is 0 Å². The zero-order valence-electron chi connectivity index (χ0n) is 13.1. The van der Waals surface area contributed by atoms with E-state index in [0.717, 1.165) is 36.5 Å². The van der Waals surface area contributed by atoms with Crippen molar-refractivity contribution in [3.05, 3.63) is 29.3 Å². The molecule has 0 saturated carbocycles. The molecular formula is C16H27NO2S. The van der Waals surface area contributed by atoms with Crippen molar-refractivity contribution >= 4 is 10.8 Å². The third-order valence-corrected chi connectivity index (χ3v) is 4.73. The fourth-order valence-corrected chi connectivity index (χ4v) is 3.48. The molecule has 0 amide bonds. The molecule has 0 heterocycles. The summed E-state index contributed by atoms with van der Waals surface area (Å²) in [5, 5.41) is 3.40. The van der Waals surface area contributed by atoms with Crippen molar-refractivity contribution in [3.8, 4) is 5.75 Å². The minimum atomic E-state index is -0.808. The summed E-state index contributed by atoms with van der Waals surface area (Å²) in [6.07, 6.45) is 2.10. The summed E-state index contributed by atoms with van der Waals surface area (Å²) in [6.45, 7) is 7.30. The highest BCUT2D eigenvalue weighted by atomic mass is 32.2. The van der Waals surface area contributed by atoms with Crippen LogP contribution >= 0.6 is 0 Å². The number of ether oxygens (including phenoxy) is 1. The van der Waals surface area contributed by atoms with Gasteiger partial charge in [0, 0.05) is 28.2 Å². The maximum Gasteiger partial charge on any atom is 0.123 e. The number of benzene rings is 1. The summed E-state index contributed by atoms with van der Waals surface area (Å²) >= 11 is 0. The molecule has 114 valence electrons. The van der Waals surface area contributed by atoms with E-state index in [1.54, 1.807) is 7.11 Å². The average Bonchev–Trinajstić information content (AvgIpc) is 2.45. The van der Waals surface area contributed by atoms with Crippen molar-refractivity contribution < 1.29 is 8.95 Å². The molecule has 0 radical (unpaired) electrons. The molecule has 2 unspecified atom stereocenters. The van der Waals surface area contributed by atoms with Crippen LogP contribution in [0.4, 0.5) is 0 Å². The van der Waals surface area contributed by atoms with Crippen LogP contribution in [-0.2, 0) is 16.6 Å². The zero-order chi connectivity index (χ0) is 15.0. The van der Waals surface area contributed by atoms with E-state index in [9.17, 15) is 4.21 Å². The number of unbranched alkanes of at least 4 members (excludes halogenated alkanes) is 1. The van der Waals surface area contributed by atoms with Crippen LogP contribution in [0.3, 0.4) is 0 Å². The van der Waals surface area contributed by atoms with E-state index in [1.165, 1.54) is 5.56 Å². The molecule has 0 aliphatic rings. The third-order valence-electron chi connectivity index (χ3n) is 3.36. The molecular weight excluding hydrogens is 270 g/mol. The topological polar surface area (TPSA) is 38.3 Å². The van der Waals surface area contributed by atoms with Crippen LogP contribution in [0.25, 0.3) is 0 Å². The Bertz CT molecular complexity index is 434. The summed E-state index contributed by atoms with van der Waals surface area (Å²) in [5.74, 6) is 2.19. The SMILES string of the molecule is CCCCS(=O)Cc1cc(C(C)NCC)ccc1OC. The van der Waals surface area contributed by atoms with Gasteiger partial charge in [-0.05, 0) is 37.6 Å². The van der Waals surface area contributed by atoms with Crippen LogP contribution in [0.15, 0.2) is 18.2 Å². The standard InChI is InChI=1S/C16H27NO2S/c1-5-7-10-20(18)12-15-11-14(13(3)17-6-2)8-9-16(15)19-4/h8-9,11,13,17H,5-7,10,12H2,1-4H3. The second-order valence-electron chi connectivity index (χ2n) is 4.99. The van der Waals surface area contributed by atoms with Gasteiger partial charge in [-0.25, -0.2) is 0 Å². The van der Waals surface area contributed by atoms with Crippen LogP contribution in [0.5, 0.6) is 5.75 Å². The minimum absolute atomic E-state index is 0.300. The van der Waals surface area contributed by atoms with Gasteiger partial charge in [0.15, 0.2) is 0 Å². The summed E-state index contributed by atoms with van der Waals surface area (Å²) in [4.78, 5) is 0. The highest BCUT2D eigenvalue weighted by Crippen LogP contribution is 2.24. The van der Waals surface area contributed by atoms with Crippen LogP contribution in [0.2, 0.25) is 0 Å². The summed E-state index contributed by atoms with van der Waals surface area (Å²) < 4.78 is 17.5. The predicted octanol–water partition coefficient (Wildman–Crippen LogP) is 3.41. The van der Waals surface area contributed by atoms with Crippen molar-refractivity contribution in [3.63, 3.8) is 0 Å². The Kier molecular flexibility index (Phi) is 7.85. The Morgan fingerprint density at radius 1 is 1.35 bits per heavy atom. The molecule has 20 heavy (non-hydrogen) atoms. The lowest BCUT2D eigenvalue weighted by atomic mass is 10.0. The summed E-state index contributed by atoms with van der Waals surface area (Å²) in [5.41, 5.74) is 2.26. The maximum atomic E-state index is 12.1. The van der Waals surface area contributed by atoms with Crippen molar-refractivity contribution in [2.45, 2.75) is 45.4 Å². The van der Waals surface area contributed by atoms with Crippen LogP contribution < -0.4 is 10.1 Å². The molecule has 0 aromatic heterocycles. The third kappa shape index (κ3) is 5.25. The first-order chi connectivity index (χ1) is 9.62. The molecule has 0 aliphatic heterocycles. The van der Waals surface area contributed by atoms with Gasteiger partial charge < -0.3 is 10.1 Å². The van der Waals surface area contributed by atoms with Gasteiger partial charge in [-0.2, -0.15) is 0 Å². The van der Waals surface area contributed by atoms with Gasteiger partial charge in [0.05, 0.1) is 12.9 Å². The maximum absolute atomic E-state index is 12.1. The Hall–Kier alpha value is -0.870. The number of rotatable bonds is 9. The van der Waals surface area contributed by atoms with E-state index in [2.05, 4.69) is 38.2 Å². The van der Waals surface area contributed by atoms with Gasteiger partial charge in [-0.3, -0.25) is 4.21 Å². The molecule has 0 spiro atoms. The number of nitrogens with one attached hydrogen (secondary N) is 1. The van der Waals surface area contributed by atoms with Crippen molar-refractivity contribution in [2.24, 2.45) is 0 Å². The quantitative estimate of drug-likeness (QED) is 0.759. The van der Waals surface area contributed by atoms with E-state index in [1.807, 2.05) is 6.07 Å². The monoisotopic (exact) mass is 297 g/mol. The first kappa shape index (κ1) is 17.2. The summed E-state index contributed by atoms with van der Waals surface area (Å²) in [7, 11) is 0.859. The lowest BCUT2D eigenvalue weighted by Gasteiger charge is -2.16. The molecule has 1 rings (SSSR count). The normalized spacial score (nSPS) is 14.0. The van der Waals surface area contributed by atoms with Crippen molar-refractivity contribution in [2.75, 3.05) is 19.4 Å². The summed E-state index contributed by atoms with van der Waals surface area (Å²) in [6, 6.07) is 6.48. The Labute approximate surface area is 125 Å². The molecule has 1 N–H and O–H groups in total. The number of hydrogen-bond acceptors (Lipinski definition) is 3. The molecule has 0 bridgehead atoms. The van der Waals surface area contributed by atoms with E-state index in [0.29, 0.717) is 11.8 Å². The van der Waals surface area contributed by atoms with Gasteiger partial charge in [0.1, 0.15) is 5.75 Å². The molecule has 1 aromatic rings. The highest BCUT2D eigenvalue weighted by molar-refractivity contribution is 7.84. The molecule has 0 aliphatic carbocycles. The van der Waals surface area contributed by atoms with E-state index in [-0.39, 0.29) is 0 Å². The molecule has 0 saturated heterocycles. The van der Waals surface area contributed by atoms with Gasteiger partial charge in [0.25, 0.3) is 0 Å². The predicted molar refractivity (Wildman–Crippen MR) is 86.7 cm³/mol. The fourth-order valence-electron chi connectivity index (χ4n) is 2.16. The van der Waals surface area contributed by atoms with Crippen molar-refractivity contribution in [1.29, 1.82) is 0 Å². The first-order valence-electron chi connectivity index (χ1n) is 7.37. The second-order valence-corrected chi connectivity index (χ2v) is 6.57. The molecule has 2 atom stereocenters. The zero-order valence-corrected chi connectivity index (χ0v) is 13.9. The van der Waals surface area contributed by atoms with Crippen LogP contribution in [-0.4, -0.2) is 23.6 Å². The number of hydrogen-bond donors (Lipinski definition) is 1. The lowest BCUT2D eigenvalue weighted by molar-refractivity contribution is 0.410. The molecule has 0 fully saturated rings. The Morgan fingerprint density at radius 2 is 2.10 bits per heavy atom. The average molecular weight is 297 g/mol. The largest absolute Gasteiger partial charge is 0.496 e. The van der Waals surface area contributed by atoms with E-state index >= 15 is 0 Å². The molecule has 4 heteroatoms. The minimum Gasteiger partial charge on any atom is -0.496 e. The molecule has 1 aromatic carbocycles. The van der Waals surface area contributed by atoms with Crippen LogP contribution in [0.1, 0.15) is 50.8 Å². The smallest absolute Gasteiger partial charge is 0.123 e. The van der Waals surface area contributed by atoms with Gasteiger partial charge in [-0.1, -0.05) is 26.3 Å². The van der Waals surface area contributed by atoms with Gasteiger partial charge >= 0.3 is 0 Å². The highest BCUT2D eigenvalue weighted by Gasteiger charge is 2.11. The Balaban J connectivity index is 2.85. The fraction of sp³-hybridized carbons (Fsp3) is 0.625. The Morgan fingerprint density at radius 3 is 2.70 bits per heavy atom. The lowest BCUT2D eigenvalue weighted by Crippen LogP contribution is -2.18. The first-order valence-corrected chi connectivity index (χ1v) is 8.86. The van der Waals surface area contributed by atoms with E-state index < -0.39 is 10.8 Å². The van der Waals surface area contributed by atoms with Crippen LogP contribution in [0, 0.1) is 0 Å². The second kappa shape index (κ2) is 9.14.